The molecule has 8 nitrogen and oxygen atoms in total. The van der Waals surface area contributed by atoms with Crippen LogP contribution in [0.15, 0.2) is 65.4 Å². The van der Waals surface area contributed by atoms with Gasteiger partial charge in [-0.15, -0.1) is 24.8 Å². The molecule has 0 spiro atoms. The minimum Gasteiger partial charge on any atom is -0.485 e. The van der Waals surface area contributed by atoms with Crippen molar-refractivity contribution in [1.82, 2.24) is 20.0 Å². The maximum atomic E-state index is 12.8. The van der Waals surface area contributed by atoms with Gasteiger partial charge in [0, 0.05) is 30.4 Å². The van der Waals surface area contributed by atoms with Crippen LogP contribution in [-0.2, 0) is 22.7 Å². The fraction of sp³-hybridized carbons (Fsp3) is 0.222. The van der Waals surface area contributed by atoms with E-state index >= 15 is 0 Å². The van der Waals surface area contributed by atoms with Gasteiger partial charge < -0.3 is 20.3 Å². The first-order chi connectivity index (χ1) is 18.3. The molecule has 0 saturated carbocycles. The molecule has 2 N–H and O–H groups in total. The van der Waals surface area contributed by atoms with Crippen molar-refractivity contribution in [2.45, 2.75) is 20.1 Å². The van der Waals surface area contributed by atoms with Crippen LogP contribution in [0.25, 0.3) is 5.65 Å². The van der Waals surface area contributed by atoms with Gasteiger partial charge in [-0.25, -0.2) is 4.98 Å². The Bertz CT molecular complexity index is 1470. The minimum atomic E-state index is -0.333. The second-order valence-electron chi connectivity index (χ2n) is 8.52. The van der Waals surface area contributed by atoms with Crippen LogP contribution < -0.4 is 20.3 Å². The summed E-state index contributed by atoms with van der Waals surface area (Å²) in [6, 6.07) is 16.7. The number of amides is 2. The van der Waals surface area contributed by atoms with Crippen molar-refractivity contribution in [3.05, 3.63) is 92.3 Å². The van der Waals surface area contributed by atoms with Gasteiger partial charge in [0.25, 0.3) is 0 Å². The van der Waals surface area contributed by atoms with Gasteiger partial charge in [0.15, 0.2) is 11.4 Å². The molecule has 0 radical (unpaired) electrons. The molecular weight excluding hydrogens is 664 g/mol. The summed E-state index contributed by atoms with van der Waals surface area (Å²) in [5, 5.41) is 6.39. The average Bonchev–Trinajstić information content (AvgIpc) is 3.21. The van der Waals surface area contributed by atoms with Crippen molar-refractivity contribution in [3.8, 4) is 5.75 Å². The second-order valence-corrected chi connectivity index (χ2v) is 10.1. The van der Waals surface area contributed by atoms with E-state index in [0.29, 0.717) is 34.2 Å². The van der Waals surface area contributed by atoms with Crippen molar-refractivity contribution in [2.24, 2.45) is 0 Å². The number of anilines is 1. The lowest BCUT2D eigenvalue weighted by atomic mass is 10.2. The minimum absolute atomic E-state index is 0. The van der Waals surface area contributed by atoms with E-state index in [0.717, 1.165) is 15.9 Å². The molecule has 13 heteroatoms. The van der Waals surface area contributed by atoms with Crippen molar-refractivity contribution >= 4 is 87.1 Å². The SMILES string of the molecule is Cc1nc2c(OCc3c(Cl)ccc(N(C)C(=O)CNC(=O)CNCc4ccccc4)c3Cl)cccn2c1Br.Cl.Cl. The molecule has 40 heavy (non-hydrogen) atoms. The number of fused-ring (bicyclic) bond motifs is 1. The molecule has 0 saturated heterocycles. The number of imidazole rings is 1. The monoisotopic (exact) mass is 689 g/mol. The Morgan fingerprint density at radius 2 is 1.77 bits per heavy atom. The molecule has 0 unspecified atom stereocenters. The fourth-order valence-electron chi connectivity index (χ4n) is 3.77. The number of halogens is 5. The summed E-state index contributed by atoms with van der Waals surface area (Å²) in [6.45, 7) is 2.44. The van der Waals surface area contributed by atoms with Gasteiger partial charge >= 0.3 is 0 Å². The third-order valence-corrected chi connectivity index (χ3v) is 7.61. The molecule has 0 bridgehead atoms. The number of ether oxygens (including phenoxy) is 1. The lowest BCUT2D eigenvalue weighted by Crippen LogP contribution is -2.41. The van der Waals surface area contributed by atoms with Crippen molar-refractivity contribution < 1.29 is 14.3 Å². The molecular formula is C27H28BrCl4N5O3. The first-order valence-electron chi connectivity index (χ1n) is 11.8. The molecule has 0 aliphatic rings. The van der Waals surface area contributed by atoms with Crippen LogP contribution in [0.2, 0.25) is 10.0 Å². The third-order valence-electron chi connectivity index (χ3n) is 5.88. The normalized spacial score (nSPS) is 10.4. The van der Waals surface area contributed by atoms with Gasteiger partial charge in [-0.2, -0.15) is 0 Å². The number of hydrogen-bond donors (Lipinski definition) is 2. The Morgan fingerprint density at radius 3 is 2.50 bits per heavy atom. The summed E-state index contributed by atoms with van der Waals surface area (Å²) in [4.78, 5) is 30.9. The highest BCUT2D eigenvalue weighted by molar-refractivity contribution is 9.10. The van der Waals surface area contributed by atoms with Crippen LogP contribution in [0.5, 0.6) is 5.75 Å². The zero-order valence-corrected chi connectivity index (χ0v) is 26.3. The molecule has 2 aromatic heterocycles. The number of likely N-dealkylation sites (N-methyl/N-ethyl adjacent to an activating group) is 1. The summed E-state index contributed by atoms with van der Waals surface area (Å²) < 4.78 is 8.76. The maximum Gasteiger partial charge on any atom is 0.246 e. The highest BCUT2D eigenvalue weighted by Gasteiger charge is 2.20. The van der Waals surface area contributed by atoms with Crippen molar-refractivity contribution in [1.29, 1.82) is 0 Å². The molecule has 0 aliphatic carbocycles. The Morgan fingerprint density at radius 1 is 1.05 bits per heavy atom. The summed E-state index contributed by atoms with van der Waals surface area (Å²) in [7, 11) is 1.59. The van der Waals surface area contributed by atoms with Crippen LogP contribution in [0, 0.1) is 6.92 Å². The molecule has 0 fully saturated rings. The van der Waals surface area contributed by atoms with E-state index in [1.54, 1.807) is 19.2 Å². The second kappa shape index (κ2) is 15.5. The highest BCUT2D eigenvalue weighted by atomic mass is 79.9. The first kappa shape index (κ1) is 33.7. The van der Waals surface area contributed by atoms with E-state index in [-0.39, 0.29) is 61.3 Å². The number of benzene rings is 2. The van der Waals surface area contributed by atoms with Gasteiger partial charge in [0.2, 0.25) is 11.8 Å². The van der Waals surface area contributed by atoms with E-state index in [1.807, 2.05) is 60.0 Å². The fourth-order valence-corrected chi connectivity index (χ4v) is 4.75. The number of nitrogens with one attached hydrogen (secondary N) is 2. The summed E-state index contributed by atoms with van der Waals surface area (Å²) >= 11 is 16.6. The standard InChI is InChI=1S/C27H26BrCl2N5O3.2ClH/c1-17-26(28)35-12-6-9-22(27(35)33-17)38-16-19-20(29)10-11-21(25(19)30)34(2)24(37)15-32-23(36)14-31-13-18-7-4-3-5-8-18;;/h3-12,31H,13-16H2,1-2H3,(H,32,36);2*1H. The zero-order chi connectivity index (χ0) is 27.2. The number of aromatic nitrogens is 2. The number of nitrogens with zero attached hydrogens (tertiary/aromatic N) is 3. The Balaban J connectivity index is 0.00000280. The number of rotatable bonds is 10. The average molecular weight is 692 g/mol. The number of carbonyl (C=O) groups excluding carboxylic acids is 2. The first-order valence-corrected chi connectivity index (χ1v) is 13.3. The van der Waals surface area contributed by atoms with E-state index in [4.69, 9.17) is 27.9 Å². The van der Waals surface area contributed by atoms with Crippen molar-refractivity contribution in [3.63, 3.8) is 0 Å². The Labute approximate surface area is 263 Å². The maximum absolute atomic E-state index is 12.8. The van der Waals surface area contributed by atoms with E-state index in [1.165, 1.54) is 4.90 Å². The molecule has 2 amide bonds. The third kappa shape index (κ3) is 8.02. The topological polar surface area (TPSA) is 88.0 Å². The van der Waals surface area contributed by atoms with Crippen LogP contribution in [0.1, 0.15) is 16.8 Å². The van der Waals surface area contributed by atoms with E-state index < -0.39 is 0 Å². The van der Waals surface area contributed by atoms with Gasteiger partial charge in [-0.05, 0) is 52.7 Å². The van der Waals surface area contributed by atoms with Crippen LogP contribution in [0.4, 0.5) is 5.69 Å². The molecule has 4 rings (SSSR count). The van der Waals surface area contributed by atoms with Gasteiger partial charge in [0.1, 0.15) is 11.2 Å². The molecule has 214 valence electrons. The predicted molar refractivity (Wildman–Crippen MR) is 167 cm³/mol. The Hall–Kier alpha value is -2.53. The summed E-state index contributed by atoms with van der Waals surface area (Å²) in [5.74, 6) is -0.0548. The zero-order valence-electron chi connectivity index (χ0n) is 21.6. The molecule has 0 aliphatic heterocycles. The highest BCUT2D eigenvalue weighted by Crippen LogP contribution is 2.35. The lowest BCUT2D eigenvalue weighted by molar-refractivity contribution is -0.124. The number of carbonyl (C=O) groups is 2. The molecule has 0 atom stereocenters. The molecule has 2 aromatic carbocycles. The quantitative estimate of drug-likeness (QED) is 0.213. The van der Waals surface area contributed by atoms with Gasteiger partial charge in [-0.3, -0.25) is 14.0 Å². The number of aryl methyl sites for hydroxylation is 1. The number of pyridine rings is 1. The van der Waals surface area contributed by atoms with E-state index in [2.05, 4.69) is 31.5 Å². The summed E-state index contributed by atoms with van der Waals surface area (Å²) in [6.07, 6.45) is 1.88. The smallest absolute Gasteiger partial charge is 0.246 e. The largest absolute Gasteiger partial charge is 0.485 e. The van der Waals surface area contributed by atoms with E-state index in [9.17, 15) is 9.59 Å². The number of hydrogen-bond acceptors (Lipinski definition) is 5. The van der Waals surface area contributed by atoms with Crippen LogP contribution in [-0.4, -0.2) is 41.3 Å². The van der Waals surface area contributed by atoms with Gasteiger partial charge in [0.05, 0.1) is 29.5 Å². The van der Waals surface area contributed by atoms with Crippen molar-refractivity contribution in [2.75, 3.05) is 25.0 Å². The molecule has 4 aromatic rings. The van der Waals surface area contributed by atoms with Gasteiger partial charge in [-0.1, -0.05) is 53.5 Å². The molecule has 2 heterocycles. The Kier molecular flexibility index (Phi) is 13.0. The predicted octanol–water partition coefficient (Wildman–Crippen LogP) is 6.00. The lowest BCUT2D eigenvalue weighted by Gasteiger charge is -2.21. The summed E-state index contributed by atoms with van der Waals surface area (Å²) in [5.41, 5.74) is 3.54. The van der Waals surface area contributed by atoms with Crippen LogP contribution in [0.3, 0.4) is 0 Å². The van der Waals surface area contributed by atoms with Crippen LogP contribution >= 0.6 is 63.9 Å².